The minimum atomic E-state index is 0.336. The van der Waals surface area contributed by atoms with Crippen LogP contribution in [0.15, 0.2) is 12.3 Å². The van der Waals surface area contributed by atoms with Crippen molar-refractivity contribution in [1.82, 2.24) is 10.2 Å². The smallest absolute Gasteiger partial charge is 0.0204 e. The second kappa shape index (κ2) is 5.20. The first-order chi connectivity index (χ1) is 5.48. The molecular weight excluding hydrogens is 148 g/mol. The van der Waals surface area contributed by atoms with E-state index in [1.165, 1.54) is 0 Å². The maximum atomic E-state index is 3.27. The van der Waals surface area contributed by atoms with E-state index in [1.807, 2.05) is 19.2 Å². The molecule has 0 aliphatic heterocycles. The molecule has 1 N–H and O–H groups in total. The van der Waals surface area contributed by atoms with Gasteiger partial charge in [-0.2, -0.15) is 0 Å². The summed E-state index contributed by atoms with van der Waals surface area (Å²) in [6.45, 7) is 8.69. The zero-order valence-corrected chi connectivity index (χ0v) is 9.02. The molecule has 72 valence electrons. The van der Waals surface area contributed by atoms with Crippen molar-refractivity contribution >= 4 is 0 Å². The molecule has 0 aromatic rings. The summed E-state index contributed by atoms with van der Waals surface area (Å²) in [5.74, 6) is 0. The number of nitrogens with zero attached hydrogens (tertiary/aromatic N) is 1. The number of hydrogen-bond donors (Lipinski definition) is 1. The van der Waals surface area contributed by atoms with Gasteiger partial charge in [0.15, 0.2) is 0 Å². The van der Waals surface area contributed by atoms with E-state index < -0.39 is 0 Å². The summed E-state index contributed by atoms with van der Waals surface area (Å²) < 4.78 is 0. The van der Waals surface area contributed by atoms with Crippen LogP contribution >= 0.6 is 0 Å². The minimum Gasteiger partial charge on any atom is -0.391 e. The van der Waals surface area contributed by atoms with Gasteiger partial charge in [0.25, 0.3) is 0 Å². The van der Waals surface area contributed by atoms with Gasteiger partial charge >= 0.3 is 0 Å². The highest BCUT2D eigenvalue weighted by Gasteiger charge is 2.17. The molecule has 0 saturated heterocycles. The second-order valence-electron chi connectivity index (χ2n) is 4.28. The Morgan fingerprint density at radius 3 is 2.33 bits per heavy atom. The van der Waals surface area contributed by atoms with E-state index >= 15 is 0 Å². The predicted molar refractivity (Wildman–Crippen MR) is 55.2 cm³/mol. The van der Waals surface area contributed by atoms with Gasteiger partial charge in [-0.3, -0.25) is 0 Å². The van der Waals surface area contributed by atoms with Gasteiger partial charge in [-0.25, -0.2) is 0 Å². The molecule has 0 unspecified atom stereocenters. The monoisotopic (exact) mass is 170 g/mol. The summed E-state index contributed by atoms with van der Waals surface area (Å²) in [5.41, 5.74) is 0.336. The molecular formula is C10H22N2. The lowest BCUT2D eigenvalue weighted by Crippen LogP contribution is -2.35. The van der Waals surface area contributed by atoms with Crippen LogP contribution in [0.1, 0.15) is 20.8 Å². The molecule has 12 heavy (non-hydrogen) atoms. The Bertz CT molecular complexity index is 137. The van der Waals surface area contributed by atoms with E-state index in [-0.39, 0.29) is 0 Å². The van der Waals surface area contributed by atoms with Crippen molar-refractivity contribution in [3.8, 4) is 0 Å². The first kappa shape index (κ1) is 11.5. The van der Waals surface area contributed by atoms with Gasteiger partial charge in [-0.15, -0.1) is 0 Å². The maximum Gasteiger partial charge on any atom is 0.0204 e. The highest BCUT2D eigenvalue weighted by Crippen LogP contribution is 2.13. The van der Waals surface area contributed by atoms with E-state index in [9.17, 15) is 0 Å². The molecule has 0 atom stereocenters. The highest BCUT2D eigenvalue weighted by atomic mass is 15.1. The van der Waals surface area contributed by atoms with Crippen LogP contribution in [0, 0.1) is 5.41 Å². The Morgan fingerprint density at radius 2 is 1.92 bits per heavy atom. The summed E-state index contributed by atoms with van der Waals surface area (Å²) in [6, 6.07) is 0. The molecule has 0 rings (SSSR count). The van der Waals surface area contributed by atoms with Crippen LogP contribution in [-0.2, 0) is 0 Å². The Labute approximate surface area is 76.6 Å². The van der Waals surface area contributed by atoms with Gasteiger partial charge in [-0.1, -0.05) is 19.9 Å². The lowest BCUT2D eigenvalue weighted by Gasteiger charge is -2.28. The maximum absolute atomic E-state index is 3.27. The van der Waals surface area contributed by atoms with Crippen molar-refractivity contribution in [2.45, 2.75) is 20.8 Å². The second-order valence-corrected chi connectivity index (χ2v) is 4.28. The van der Waals surface area contributed by atoms with E-state index in [0.29, 0.717) is 5.41 Å². The Balaban J connectivity index is 3.70. The van der Waals surface area contributed by atoms with Crippen LogP contribution in [0.5, 0.6) is 0 Å². The molecule has 0 aliphatic rings. The summed E-state index contributed by atoms with van der Waals surface area (Å²) in [5, 5.41) is 3.27. The normalized spacial score (nSPS) is 12.8. The number of rotatable bonds is 5. The van der Waals surface area contributed by atoms with E-state index in [4.69, 9.17) is 0 Å². The Hall–Kier alpha value is -0.500. The summed E-state index contributed by atoms with van der Waals surface area (Å²) in [7, 11) is 4.22. The van der Waals surface area contributed by atoms with Gasteiger partial charge in [-0.05, 0) is 32.6 Å². The van der Waals surface area contributed by atoms with Crippen molar-refractivity contribution in [1.29, 1.82) is 0 Å². The highest BCUT2D eigenvalue weighted by molar-refractivity contribution is 4.80. The molecule has 0 bridgehead atoms. The molecule has 0 fully saturated rings. The average Bonchev–Trinajstić information content (AvgIpc) is 1.84. The first-order valence-corrected chi connectivity index (χ1v) is 4.47. The minimum absolute atomic E-state index is 0.336. The van der Waals surface area contributed by atoms with Gasteiger partial charge < -0.3 is 10.2 Å². The van der Waals surface area contributed by atoms with Crippen LogP contribution in [0.25, 0.3) is 0 Å². The van der Waals surface area contributed by atoms with E-state index in [1.54, 1.807) is 0 Å². The van der Waals surface area contributed by atoms with Crippen molar-refractivity contribution in [3.63, 3.8) is 0 Å². The van der Waals surface area contributed by atoms with E-state index in [0.717, 1.165) is 13.1 Å². The Kier molecular flexibility index (Phi) is 4.98. The van der Waals surface area contributed by atoms with Gasteiger partial charge in [0, 0.05) is 13.1 Å². The summed E-state index contributed by atoms with van der Waals surface area (Å²) in [6.07, 6.45) is 4.02. The molecule has 0 aliphatic carbocycles. The standard InChI is InChI=1S/C10H22N2/c1-6-7-11-8-10(2,3)9-12(4)5/h6-7,11H,8-9H2,1-5H3. The van der Waals surface area contributed by atoms with Crippen molar-refractivity contribution in [2.75, 3.05) is 27.2 Å². The number of hydrogen-bond acceptors (Lipinski definition) is 2. The summed E-state index contributed by atoms with van der Waals surface area (Å²) in [4.78, 5) is 2.22. The van der Waals surface area contributed by atoms with Crippen LogP contribution < -0.4 is 5.32 Å². The zero-order valence-electron chi connectivity index (χ0n) is 9.02. The molecule has 0 heterocycles. The predicted octanol–water partition coefficient (Wildman–Crippen LogP) is 1.70. The number of nitrogens with one attached hydrogen (secondary N) is 1. The lowest BCUT2D eigenvalue weighted by molar-refractivity contribution is 0.239. The van der Waals surface area contributed by atoms with Crippen LogP contribution in [-0.4, -0.2) is 32.1 Å². The molecule has 0 spiro atoms. The van der Waals surface area contributed by atoms with Crippen molar-refractivity contribution < 1.29 is 0 Å². The molecule has 2 nitrogen and oxygen atoms in total. The first-order valence-electron chi connectivity index (χ1n) is 4.47. The van der Waals surface area contributed by atoms with Crippen LogP contribution in [0.2, 0.25) is 0 Å². The lowest BCUT2D eigenvalue weighted by atomic mass is 9.93. The molecule has 0 saturated carbocycles. The molecule has 0 radical (unpaired) electrons. The fraction of sp³-hybridized carbons (Fsp3) is 0.800. The van der Waals surface area contributed by atoms with Gasteiger partial charge in [0.05, 0.1) is 0 Å². The molecule has 0 aromatic heterocycles. The quantitative estimate of drug-likeness (QED) is 0.675. The fourth-order valence-corrected chi connectivity index (χ4v) is 1.37. The van der Waals surface area contributed by atoms with Gasteiger partial charge in [0.2, 0.25) is 0 Å². The van der Waals surface area contributed by atoms with Crippen LogP contribution in [0.3, 0.4) is 0 Å². The SMILES string of the molecule is CC=CNCC(C)(C)CN(C)C. The van der Waals surface area contributed by atoms with Gasteiger partial charge in [0.1, 0.15) is 0 Å². The largest absolute Gasteiger partial charge is 0.391 e. The Morgan fingerprint density at radius 1 is 1.33 bits per heavy atom. The molecule has 0 amide bonds. The van der Waals surface area contributed by atoms with Crippen molar-refractivity contribution in [2.24, 2.45) is 5.41 Å². The summed E-state index contributed by atoms with van der Waals surface area (Å²) >= 11 is 0. The molecule has 0 aromatic carbocycles. The third-order valence-electron chi connectivity index (χ3n) is 1.61. The zero-order chi connectivity index (χ0) is 9.61. The van der Waals surface area contributed by atoms with E-state index in [2.05, 4.69) is 38.2 Å². The fourth-order valence-electron chi connectivity index (χ4n) is 1.37. The molecule has 2 heteroatoms. The third-order valence-corrected chi connectivity index (χ3v) is 1.61. The third kappa shape index (κ3) is 6.23. The topological polar surface area (TPSA) is 15.3 Å². The number of allylic oxidation sites excluding steroid dienone is 1. The van der Waals surface area contributed by atoms with Crippen LogP contribution in [0.4, 0.5) is 0 Å². The average molecular weight is 170 g/mol. The van der Waals surface area contributed by atoms with Crippen molar-refractivity contribution in [3.05, 3.63) is 12.3 Å².